The minimum atomic E-state index is -0.683. The molecule has 1 amide bonds. The molecule has 1 aromatic rings. The number of nitriles is 1. The fourth-order valence-corrected chi connectivity index (χ4v) is 2.60. The van der Waals surface area contributed by atoms with E-state index in [2.05, 4.69) is 23.6 Å². The Labute approximate surface area is 169 Å². The van der Waals surface area contributed by atoms with E-state index >= 15 is 0 Å². The molecule has 0 bridgehead atoms. The van der Waals surface area contributed by atoms with Gasteiger partial charge in [-0.15, -0.1) is 0 Å². The lowest BCUT2D eigenvalue weighted by Gasteiger charge is -2.23. The molecule has 6 nitrogen and oxygen atoms in total. The molecule has 0 aliphatic carbocycles. The van der Waals surface area contributed by atoms with Crippen LogP contribution >= 0.6 is 0 Å². The SMILES string of the molecule is CCCCCCCC(=O)Nc1ccc(OCC(O)CNC(C)(C)C)c(C#N)c1. The van der Waals surface area contributed by atoms with Crippen LogP contribution in [-0.2, 0) is 4.79 Å². The first-order valence-corrected chi connectivity index (χ1v) is 10.1. The van der Waals surface area contributed by atoms with E-state index in [4.69, 9.17) is 4.74 Å². The standard InChI is InChI=1S/C22H35N3O3/c1-5-6-7-8-9-10-21(27)25-18-11-12-20(17(13-18)14-23)28-16-19(26)15-24-22(2,3)4/h11-13,19,24,26H,5-10,15-16H2,1-4H3,(H,25,27). The molecule has 156 valence electrons. The molecule has 0 aliphatic rings. The number of nitrogens with zero attached hydrogens (tertiary/aromatic N) is 1. The van der Waals surface area contributed by atoms with Gasteiger partial charge >= 0.3 is 0 Å². The first-order valence-electron chi connectivity index (χ1n) is 10.1. The molecule has 0 heterocycles. The highest BCUT2D eigenvalue weighted by Crippen LogP contribution is 2.22. The van der Waals surface area contributed by atoms with Crippen LogP contribution in [0.15, 0.2) is 18.2 Å². The van der Waals surface area contributed by atoms with Crippen molar-refractivity contribution in [3.8, 4) is 11.8 Å². The van der Waals surface area contributed by atoms with Crippen molar-refractivity contribution in [3.63, 3.8) is 0 Å². The van der Waals surface area contributed by atoms with E-state index in [0.717, 1.165) is 19.3 Å². The number of β-amino-alcohol motifs (C(OH)–C–C–N with tert-alkyl or cyclic N) is 1. The molecule has 0 saturated carbocycles. The number of anilines is 1. The van der Waals surface area contributed by atoms with Crippen LogP contribution in [0.1, 0.15) is 71.8 Å². The molecule has 0 aliphatic heterocycles. The van der Waals surface area contributed by atoms with Crippen molar-refractivity contribution in [2.75, 3.05) is 18.5 Å². The molecule has 1 rings (SSSR count). The van der Waals surface area contributed by atoms with Crippen LogP contribution in [0.4, 0.5) is 5.69 Å². The second-order valence-electron chi connectivity index (χ2n) is 8.13. The van der Waals surface area contributed by atoms with Gasteiger partial charge in [-0.05, 0) is 45.4 Å². The lowest BCUT2D eigenvalue weighted by Crippen LogP contribution is -2.42. The number of amides is 1. The third kappa shape index (κ3) is 10.3. The minimum absolute atomic E-state index is 0.0438. The average molecular weight is 390 g/mol. The summed E-state index contributed by atoms with van der Waals surface area (Å²) < 4.78 is 5.59. The Morgan fingerprint density at radius 1 is 1.25 bits per heavy atom. The lowest BCUT2D eigenvalue weighted by atomic mass is 10.1. The summed E-state index contributed by atoms with van der Waals surface area (Å²) in [6, 6.07) is 7.05. The molecule has 1 aromatic carbocycles. The fourth-order valence-electron chi connectivity index (χ4n) is 2.60. The summed E-state index contributed by atoms with van der Waals surface area (Å²) in [6.07, 6.45) is 5.28. The molecule has 0 radical (unpaired) electrons. The smallest absolute Gasteiger partial charge is 0.224 e. The molecule has 3 N–H and O–H groups in total. The maximum absolute atomic E-state index is 12.0. The Balaban J connectivity index is 2.50. The van der Waals surface area contributed by atoms with Crippen LogP contribution in [0.2, 0.25) is 0 Å². The van der Waals surface area contributed by atoms with Gasteiger partial charge in [0.25, 0.3) is 0 Å². The summed E-state index contributed by atoms with van der Waals surface area (Å²) in [4.78, 5) is 12.0. The third-order valence-electron chi connectivity index (χ3n) is 4.19. The number of carbonyl (C=O) groups is 1. The summed E-state index contributed by atoms with van der Waals surface area (Å²) in [6.45, 7) is 8.71. The van der Waals surface area contributed by atoms with Crippen LogP contribution in [0.5, 0.6) is 5.75 Å². The molecule has 0 saturated heterocycles. The van der Waals surface area contributed by atoms with E-state index in [1.165, 1.54) is 12.8 Å². The van der Waals surface area contributed by atoms with Crippen molar-refractivity contribution in [1.82, 2.24) is 5.32 Å². The predicted octanol–water partition coefficient (Wildman–Crippen LogP) is 3.99. The van der Waals surface area contributed by atoms with E-state index in [1.54, 1.807) is 18.2 Å². The van der Waals surface area contributed by atoms with Gasteiger partial charge in [-0.2, -0.15) is 5.26 Å². The first-order chi connectivity index (χ1) is 13.2. The zero-order chi connectivity index (χ0) is 21.0. The average Bonchev–Trinajstić information content (AvgIpc) is 2.64. The molecular weight excluding hydrogens is 354 g/mol. The van der Waals surface area contributed by atoms with E-state index in [9.17, 15) is 15.2 Å². The van der Waals surface area contributed by atoms with Crippen molar-refractivity contribution in [2.45, 2.75) is 77.9 Å². The number of hydrogen-bond acceptors (Lipinski definition) is 5. The van der Waals surface area contributed by atoms with Crippen molar-refractivity contribution in [2.24, 2.45) is 0 Å². The maximum atomic E-state index is 12.0. The second kappa shape index (κ2) is 12.4. The highest BCUT2D eigenvalue weighted by atomic mass is 16.5. The summed E-state index contributed by atoms with van der Waals surface area (Å²) in [5, 5.41) is 25.4. The third-order valence-corrected chi connectivity index (χ3v) is 4.19. The van der Waals surface area contributed by atoms with Crippen molar-refractivity contribution >= 4 is 11.6 Å². The van der Waals surface area contributed by atoms with Gasteiger partial charge in [-0.25, -0.2) is 0 Å². The summed E-state index contributed by atoms with van der Waals surface area (Å²) in [5.74, 6) is 0.354. The number of ether oxygens (including phenoxy) is 1. The quantitative estimate of drug-likeness (QED) is 0.470. The zero-order valence-electron chi connectivity index (χ0n) is 17.7. The molecule has 0 fully saturated rings. The molecule has 0 aromatic heterocycles. The molecular formula is C22H35N3O3. The maximum Gasteiger partial charge on any atom is 0.224 e. The molecule has 0 spiro atoms. The van der Waals surface area contributed by atoms with Gasteiger partial charge < -0.3 is 20.5 Å². The van der Waals surface area contributed by atoms with Gasteiger partial charge in [0, 0.05) is 24.2 Å². The molecule has 1 atom stereocenters. The van der Waals surface area contributed by atoms with E-state index in [-0.39, 0.29) is 18.1 Å². The van der Waals surface area contributed by atoms with Gasteiger partial charge in [0.15, 0.2) is 0 Å². The fraction of sp³-hybridized carbons (Fsp3) is 0.636. The van der Waals surface area contributed by atoms with Gasteiger partial charge in [0.1, 0.15) is 24.5 Å². The monoisotopic (exact) mass is 389 g/mol. The number of aliphatic hydroxyl groups excluding tert-OH is 1. The number of rotatable bonds is 12. The van der Waals surface area contributed by atoms with Crippen molar-refractivity contribution < 1.29 is 14.6 Å². The number of nitrogens with one attached hydrogen (secondary N) is 2. The van der Waals surface area contributed by atoms with Crippen LogP contribution in [0, 0.1) is 11.3 Å². The second-order valence-corrected chi connectivity index (χ2v) is 8.13. The zero-order valence-corrected chi connectivity index (χ0v) is 17.7. The lowest BCUT2D eigenvalue weighted by molar-refractivity contribution is -0.116. The number of benzene rings is 1. The summed E-state index contributed by atoms with van der Waals surface area (Å²) in [5.41, 5.74) is 0.823. The van der Waals surface area contributed by atoms with Crippen LogP contribution in [-0.4, -0.2) is 35.8 Å². The summed E-state index contributed by atoms with van der Waals surface area (Å²) >= 11 is 0. The Kier molecular flexibility index (Phi) is 10.6. The number of unbranched alkanes of at least 4 members (excludes halogenated alkanes) is 4. The Morgan fingerprint density at radius 3 is 2.61 bits per heavy atom. The highest BCUT2D eigenvalue weighted by Gasteiger charge is 2.14. The molecule has 28 heavy (non-hydrogen) atoms. The highest BCUT2D eigenvalue weighted by molar-refractivity contribution is 5.91. The minimum Gasteiger partial charge on any atom is -0.489 e. The predicted molar refractivity (Wildman–Crippen MR) is 112 cm³/mol. The van der Waals surface area contributed by atoms with Gasteiger partial charge in [0.05, 0.1) is 5.56 Å². The van der Waals surface area contributed by atoms with Gasteiger partial charge in [-0.3, -0.25) is 4.79 Å². The van der Waals surface area contributed by atoms with E-state index < -0.39 is 6.10 Å². The van der Waals surface area contributed by atoms with Crippen LogP contribution in [0.25, 0.3) is 0 Å². The van der Waals surface area contributed by atoms with Crippen molar-refractivity contribution in [3.05, 3.63) is 23.8 Å². The normalized spacial score (nSPS) is 12.3. The molecule has 1 unspecified atom stereocenters. The van der Waals surface area contributed by atoms with E-state index in [0.29, 0.717) is 30.0 Å². The van der Waals surface area contributed by atoms with Crippen LogP contribution in [0.3, 0.4) is 0 Å². The largest absolute Gasteiger partial charge is 0.489 e. The number of aliphatic hydroxyl groups is 1. The summed E-state index contributed by atoms with van der Waals surface area (Å²) in [7, 11) is 0. The van der Waals surface area contributed by atoms with Gasteiger partial charge in [0.2, 0.25) is 5.91 Å². The first kappa shape index (κ1) is 23.9. The van der Waals surface area contributed by atoms with E-state index in [1.807, 2.05) is 20.8 Å². The topological polar surface area (TPSA) is 94.4 Å². The Hall–Kier alpha value is -2.10. The Morgan fingerprint density at radius 2 is 1.96 bits per heavy atom. The van der Waals surface area contributed by atoms with Gasteiger partial charge in [-0.1, -0.05) is 32.6 Å². The Bertz CT molecular complexity index is 647. The number of carbonyl (C=O) groups excluding carboxylic acids is 1. The number of hydrogen-bond donors (Lipinski definition) is 3. The van der Waals surface area contributed by atoms with Crippen LogP contribution < -0.4 is 15.4 Å². The molecule has 6 heteroatoms. The van der Waals surface area contributed by atoms with Crippen molar-refractivity contribution in [1.29, 1.82) is 5.26 Å².